The van der Waals surface area contributed by atoms with Gasteiger partial charge in [0.15, 0.2) is 6.61 Å². The van der Waals surface area contributed by atoms with Crippen molar-refractivity contribution in [3.63, 3.8) is 0 Å². The Kier molecular flexibility index (Phi) is 5.05. The molecular formula is C15H16O2S2. The van der Waals surface area contributed by atoms with Crippen LogP contribution in [0, 0.1) is 0 Å². The molecule has 2 rings (SSSR count). The van der Waals surface area contributed by atoms with E-state index in [0.717, 1.165) is 17.0 Å². The van der Waals surface area contributed by atoms with Crippen LogP contribution in [0.3, 0.4) is 0 Å². The molecule has 1 aromatic heterocycles. The van der Waals surface area contributed by atoms with Crippen LogP contribution in [0.5, 0.6) is 5.75 Å². The molecule has 0 radical (unpaired) electrons. The van der Waals surface area contributed by atoms with Gasteiger partial charge in [0.2, 0.25) is 5.78 Å². The maximum atomic E-state index is 12.0. The molecule has 19 heavy (non-hydrogen) atoms. The maximum absolute atomic E-state index is 12.0. The molecule has 1 heterocycles. The second-order valence-corrected chi connectivity index (χ2v) is 6.05. The van der Waals surface area contributed by atoms with Gasteiger partial charge in [0, 0.05) is 9.77 Å². The van der Waals surface area contributed by atoms with E-state index in [1.165, 1.54) is 9.77 Å². The Hall–Kier alpha value is -1.26. The third-order valence-electron chi connectivity index (χ3n) is 2.71. The zero-order valence-electron chi connectivity index (χ0n) is 11.0. The average Bonchev–Trinajstić information content (AvgIpc) is 2.94. The molecule has 2 aromatic rings. The van der Waals surface area contributed by atoms with Crippen molar-refractivity contribution in [2.45, 2.75) is 18.2 Å². The predicted molar refractivity (Wildman–Crippen MR) is 81.7 cm³/mol. The molecular weight excluding hydrogens is 276 g/mol. The highest BCUT2D eigenvalue weighted by atomic mass is 32.2. The third-order valence-corrected chi connectivity index (χ3v) is 4.73. The molecule has 0 N–H and O–H groups in total. The molecule has 0 saturated heterocycles. The predicted octanol–water partition coefficient (Wildman–Crippen LogP) is 4.29. The molecule has 2 nitrogen and oxygen atoms in total. The number of carbonyl (C=O) groups is 1. The van der Waals surface area contributed by atoms with Crippen molar-refractivity contribution in [2.24, 2.45) is 0 Å². The number of aryl methyl sites for hydroxylation is 1. The number of hydrogen-bond acceptors (Lipinski definition) is 4. The highest BCUT2D eigenvalue weighted by Gasteiger charge is 2.09. The lowest BCUT2D eigenvalue weighted by Crippen LogP contribution is -2.09. The van der Waals surface area contributed by atoms with Crippen LogP contribution in [0.15, 0.2) is 41.3 Å². The third kappa shape index (κ3) is 3.85. The molecule has 0 fully saturated rings. The minimum Gasteiger partial charge on any atom is -0.485 e. The van der Waals surface area contributed by atoms with Crippen molar-refractivity contribution >= 4 is 28.9 Å². The summed E-state index contributed by atoms with van der Waals surface area (Å²) < 4.78 is 5.51. The minimum absolute atomic E-state index is 0.0404. The van der Waals surface area contributed by atoms with Gasteiger partial charge in [-0.1, -0.05) is 6.92 Å². The Morgan fingerprint density at radius 1 is 1.21 bits per heavy atom. The summed E-state index contributed by atoms with van der Waals surface area (Å²) in [4.78, 5) is 15.1. The molecule has 0 bridgehead atoms. The van der Waals surface area contributed by atoms with Crippen LogP contribution in [0.1, 0.15) is 21.5 Å². The molecule has 4 heteroatoms. The van der Waals surface area contributed by atoms with Gasteiger partial charge in [-0.15, -0.1) is 23.1 Å². The van der Waals surface area contributed by atoms with Crippen LogP contribution in [0.2, 0.25) is 0 Å². The molecule has 1 aromatic carbocycles. The number of ketones is 1. The fraction of sp³-hybridized carbons (Fsp3) is 0.267. The molecule has 0 aliphatic carbocycles. The van der Waals surface area contributed by atoms with E-state index in [0.29, 0.717) is 0 Å². The zero-order valence-corrected chi connectivity index (χ0v) is 12.6. The molecule has 0 aliphatic heterocycles. The smallest absolute Gasteiger partial charge is 0.210 e. The summed E-state index contributed by atoms with van der Waals surface area (Å²) in [6.45, 7) is 2.19. The Morgan fingerprint density at radius 2 is 1.95 bits per heavy atom. The average molecular weight is 292 g/mol. The first kappa shape index (κ1) is 14.2. The number of rotatable bonds is 6. The van der Waals surface area contributed by atoms with Crippen LogP contribution < -0.4 is 4.74 Å². The van der Waals surface area contributed by atoms with Crippen LogP contribution >= 0.6 is 23.1 Å². The number of carbonyl (C=O) groups excluding carboxylic acids is 1. The summed E-state index contributed by atoms with van der Waals surface area (Å²) in [5.74, 6) is 0.775. The van der Waals surface area contributed by atoms with E-state index in [-0.39, 0.29) is 12.4 Å². The molecule has 0 spiro atoms. The number of thioether (sulfide) groups is 1. The van der Waals surface area contributed by atoms with Crippen molar-refractivity contribution in [3.8, 4) is 5.75 Å². The van der Waals surface area contributed by atoms with Crippen LogP contribution in [-0.4, -0.2) is 18.6 Å². The number of benzene rings is 1. The van der Waals surface area contributed by atoms with Crippen LogP contribution in [0.4, 0.5) is 0 Å². The van der Waals surface area contributed by atoms with Gasteiger partial charge in [-0.05, 0) is 49.1 Å². The second kappa shape index (κ2) is 6.78. The van der Waals surface area contributed by atoms with E-state index in [4.69, 9.17) is 4.74 Å². The second-order valence-electron chi connectivity index (χ2n) is 4.01. The van der Waals surface area contributed by atoms with Crippen molar-refractivity contribution in [2.75, 3.05) is 12.9 Å². The van der Waals surface area contributed by atoms with Crippen molar-refractivity contribution < 1.29 is 9.53 Å². The standard InChI is InChI=1S/C15H16O2S2/c1-3-12-8-9-15(19-12)14(16)10-17-11-4-6-13(18-2)7-5-11/h4-9H,3,10H2,1-2H3. The van der Waals surface area contributed by atoms with E-state index in [1.54, 1.807) is 23.1 Å². The monoisotopic (exact) mass is 292 g/mol. The largest absolute Gasteiger partial charge is 0.485 e. The number of Topliss-reactive ketones (excluding diaryl/α,β-unsaturated/α-hetero) is 1. The Balaban J connectivity index is 1.92. The SMILES string of the molecule is CCc1ccc(C(=O)COc2ccc(SC)cc2)s1. The number of thiophene rings is 1. The van der Waals surface area contributed by atoms with Gasteiger partial charge in [-0.25, -0.2) is 0 Å². The summed E-state index contributed by atoms with van der Waals surface area (Å²) in [5.41, 5.74) is 0. The maximum Gasteiger partial charge on any atom is 0.210 e. The van der Waals surface area contributed by atoms with Gasteiger partial charge in [0.25, 0.3) is 0 Å². The van der Waals surface area contributed by atoms with Gasteiger partial charge < -0.3 is 4.74 Å². The lowest BCUT2D eigenvalue weighted by Gasteiger charge is -2.05. The van der Waals surface area contributed by atoms with Crippen molar-refractivity contribution in [3.05, 3.63) is 46.2 Å². The van der Waals surface area contributed by atoms with E-state index in [1.807, 2.05) is 42.7 Å². The van der Waals surface area contributed by atoms with Gasteiger partial charge in [0.05, 0.1) is 4.88 Å². The lowest BCUT2D eigenvalue weighted by atomic mass is 10.3. The van der Waals surface area contributed by atoms with E-state index < -0.39 is 0 Å². The van der Waals surface area contributed by atoms with Gasteiger partial charge in [0.1, 0.15) is 5.75 Å². The normalized spacial score (nSPS) is 10.4. The number of ether oxygens (including phenoxy) is 1. The minimum atomic E-state index is 0.0404. The van der Waals surface area contributed by atoms with Crippen LogP contribution in [-0.2, 0) is 6.42 Å². The Labute approximate surface area is 121 Å². The summed E-state index contributed by atoms with van der Waals surface area (Å²) in [6.07, 6.45) is 3.00. The van der Waals surface area contributed by atoms with E-state index in [2.05, 4.69) is 6.92 Å². The summed E-state index contributed by atoms with van der Waals surface area (Å²) in [5, 5.41) is 0. The summed E-state index contributed by atoms with van der Waals surface area (Å²) in [6, 6.07) is 11.7. The first-order valence-electron chi connectivity index (χ1n) is 6.11. The van der Waals surface area contributed by atoms with Crippen LogP contribution in [0.25, 0.3) is 0 Å². The van der Waals surface area contributed by atoms with Gasteiger partial charge in [-0.2, -0.15) is 0 Å². The molecule has 100 valence electrons. The molecule has 0 amide bonds. The first-order valence-corrected chi connectivity index (χ1v) is 8.16. The molecule has 0 atom stereocenters. The zero-order chi connectivity index (χ0) is 13.7. The quantitative estimate of drug-likeness (QED) is 0.587. The van der Waals surface area contributed by atoms with Crippen molar-refractivity contribution in [1.29, 1.82) is 0 Å². The molecule has 0 unspecified atom stereocenters. The van der Waals surface area contributed by atoms with Crippen molar-refractivity contribution in [1.82, 2.24) is 0 Å². The first-order chi connectivity index (χ1) is 9.22. The van der Waals surface area contributed by atoms with E-state index >= 15 is 0 Å². The lowest BCUT2D eigenvalue weighted by molar-refractivity contribution is 0.0925. The van der Waals surface area contributed by atoms with E-state index in [9.17, 15) is 4.79 Å². The molecule has 0 saturated carbocycles. The topological polar surface area (TPSA) is 26.3 Å². The fourth-order valence-electron chi connectivity index (χ4n) is 1.61. The van der Waals surface area contributed by atoms with Gasteiger partial charge >= 0.3 is 0 Å². The number of hydrogen-bond donors (Lipinski definition) is 0. The summed E-state index contributed by atoms with van der Waals surface area (Å²) >= 11 is 3.23. The Morgan fingerprint density at radius 3 is 2.53 bits per heavy atom. The highest BCUT2D eigenvalue weighted by molar-refractivity contribution is 7.98. The summed E-state index contributed by atoms with van der Waals surface area (Å²) in [7, 11) is 0. The Bertz CT molecular complexity index is 544. The highest BCUT2D eigenvalue weighted by Crippen LogP contribution is 2.20. The molecule has 0 aliphatic rings. The fourth-order valence-corrected chi connectivity index (χ4v) is 2.89. The van der Waals surface area contributed by atoms with Gasteiger partial charge in [-0.3, -0.25) is 4.79 Å².